The third-order valence-electron chi connectivity index (χ3n) is 3.60. The van der Waals surface area contributed by atoms with Gasteiger partial charge in [-0.25, -0.2) is 4.98 Å². The fourth-order valence-electron chi connectivity index (χ4n) is 2.69. The highest BCUT2D eigenvalue weighted by Gasteiger charge is 2.35. The molecule has 104 valence electrons. The highest BCUT2D eigenvalue weighted by atomic mass is 35.5. The number of aromatic nitrogens is 2. The zero-order valence-corrected chi connectivity index (χ0v) is 11.9. The van der Waals surface area contributed by atoms with Gasteiger partial charge < -0.3 is 15.0 Å². The molecule has 1 aromatic heterocycles. The lowest BCUT2D eigenvalue weighted by Crippen LogP contribution is -2.43. The number of anilines is 2. The molecule has 2 fully saturated rings. The predicted octanol–water partition coefficient (Wildman–Crippen LogP) is 2.32. The fraction of sp³-hybridized carbons (Fsp3) is 0.692. The Bertz CT molecular complexity index is 444. The summed E-state index contributed by atoms with van der Waals surface area (Å²) in [6.07, 6.45) is 5.67. The Morgan fingerprint density at radius 3 is 2.84 bits per heavy atom. The van der Waals surface area contributed by atoms with Gasteiger partial charge in [0.05, 0.1) is 18.4 Å². The van der Waals surface area contributed by atoms with E-state index in [2.05, 4.69) is 27.1 Å². The first-order valence-corrected chi connectivity index (χ1v) is 7.31. The third kappa shape index (κ3) is 2.77. The molecule has 2 atom stereocenters. The van der Waals surface area contributed by atoms with Crippen molar-refractivity contribution >= 4 is 23.4 Å². The van der Waals surface area contributed by atoms with Crippen LogP contribution in [0.3, 0.4) is 0 Å². The summed E-state index contributed by atoms with van der Waals surface area (Å²) >= 11 is 6.24. The van der Waals surface area contributed by atoms with Gasteiger partial charge in [-0.15, -0.1) is 0 Å². The van der Waals surface area contributed by atoms with E-state index in [0.717, 1.165) is 44.7 Å². The van der Waals surface area contributed by atoms with Crippen LogP contribution in [0.4, 0.5) is 11.8 Å². The quantitative estimate of drug-likeness (QED) is 0.918. The highest BCUT2D eigenvalue weighted by molar-refractivity contribution is 6.32. The maximum absolute atomic E-state index is 6.24. The standard InChI is InChI=1S/C13H19ClN4O/c1-2-5-15-13-16-6-11(14)12(17-13)18-7-9-3-4-10(8-18)19-9/h6,9-10H,2-5,7-8H2,1H3,(H,15,16,17). The van der Waals surface area contributed by atoms with Crippen LogP contribution in [-0.2, 0) is 4.74 Å². The van der Waals surface area contributed by atoms with Crippen LogP contribution in [0.5, 0.6) is 0 Å². The first-order chi connectivity index (χ1) is 9.26. The largest absolute Gasteiger partial charge is 0.371 e. The second kappa shape index (κ2) is 5.51. The monoisotopic (exact) mass is 282 g/mol. The number of morpholine rings is 1. The third-order valence-corrected chi connectivity index (χ3v) is 3.87. The van der Waals surface area contributed by atoms with Gasteiger partial charge in [0.2, 0.25) is 5.95 Å². The van der Waals surface area contributed by atoms with Crippen molar-refractivity contribution in [2.75, 3.05) is 29.9 Å². The van der Waals surface area contributed by atoms with E-state index in [0.29, 0.717) is 23.2 Å². The number of hydrogen-bond acceptors (Lipinski definition) is 5. The minimum atomic E-state index is 0.330. The Morgan fingerprint density at radius 2 is 2.16 bits per heavy atom. The van der Waals surface area contributed by atoms with E-state index in [-0.39, 0.29) is 0 Å². The number of rotatable bonds is 4. The maximum atomic E-state index is 6.24. The SMILES string of the molecule is CCCNc1ncc(Cl)c(N2CC3CCC(C2)O3)n1. The molecule has 0 saturated carbocycles. The van der Waals surface area contributed by atoms with Crippen molar-refractivity contribution in [3.05, 3.63) is 11.2 Å². The first-order valence-electron chi connectivity index (χ1n) is 6.93. The van der Waals surface area contributed by atoms with Gasteiger partial charge in [0.15, 0.2) is 5.82 Å². The lowest BCUT2D eigenvalue weighted by molar-refractivity contribution is 0.0302. The van der Waals surface area contributed by atoms with Gasteiger partial charge in [0.25, 0.3) is 0 Å². The van der Waals surface area contributed by atoms with Gasteiger partial charge in [0, 0.05) is 19.6 Å². The normalized spacial score (nSPS) is 25.7. The molecule has 0 radical (unpaired) electrons. The van der Waals surface area contributed by atoms with E-state index in [1.807, 2.05) is 0 Å². The molecular formula is C13H19ClN4O. The fourth-order valence-corrected chi connectivity index (χ4v) is 2.90. The number of nitrogens with zero attached hydrogens (tertiary/aromatic N) is 3. The highest BCUT2D eigenvalue weighted by Crippen LogP contribution is 2.32. The molecular weight excluding hydrogens is 264 g/mol. The molecule has 2 bridgehead atoms. The number of hydrogen-bond donors (Lipinski definition) is 1. The van der Waals surface area contributed by atoms with E-state index >= 15 is 0 Å². The average Bonchev–Trinajstić information content (AvgIpc) is 2.76. The van der Waals surface area contributed by atoms with Gasteiger partial charge in [-0.2, -0.15) is 4.98 Å². The lowest BCUT2D eigenvalue weighted by atomic mass is 10.2. The molecule has 2 saturated heterocycles. The van der Waals surface area contributed by atoms with Gasteiger partial charge in [0.1, 0.15) is 5.02 Å². The predicted molar refractivity (Wildman–Crippen MR) is 75.9 cm³/mol. The van der Waals surface area contributed by atoms with Crippen LogP contribution in [0.15, 0.2) is 6.20 Å². The summed E-state index contributed by atoms with van der Waals surface area (Å²) in [5.74, 6) is 1.48. The van der Waals surface area contributed by atoms with E-state index in [1.54, 1.807) is 6.20 Å². The Labute approximate surface area is 118 Å². The molecule has 2 aliphatic heterocycles. The van der Waals surface area contributed by atoms with Crippen LogP contribution in [-0.4, -0.2) is 41.8 Å². The summed E-state index contributed by atoms with van der Waals surface area (Å²) in [5, 5.41) is 3.81. The number of nitrogens with one attached hydrogen (secondary N) is 1. The molecule has 0 aromatic carbocycles. The van der Waals surface area contributed by atoms with Crippen molar-refractivity contribution in [2.24, 2.45) is 0 Å². The summed E-state index contributed by atoms with van der Waals surface area (Å²) in [4.78, 5) is 11.0. The zero-order chi connectivity index (χ0) is 13.2. The second-order valence-electron chi connectivity index (χ2n) is 5.15. The smallest absolute Gasteiger partial charge is 0.224 e. The van der Waals surface area contributed by atoms with Crippen molar-refractivity contribution < 1.29 is 4.74 Å². The van der Waals surface area contributed by atoms with Crippen molar-refractivity contribution in [3.63, 3.8) is 0 Å². The minimum Gasteiger partial charge on any atom is -0.371 e. The summed E-state index contributed by atoms with van der Waals surface area (Å²) in [7, 11) is 0. The minimum absolute atomic E-state index is 0.330. The molecule has 2 unspecified atom stereocenters. The van der Waals surface area contributed by atoms with Gasteiger partial charge in [-0.3, -0.25) is 0 Å². The van der Waals surface area contributed by atoms with Crippen LogP contribution < -0.4 is 10.2 Å². The Kier molecular flexibility index (Phi) is 3.75. The van der Waals surface area contributed by atoms with Gasteiger partial charge in [-0.1, -0.05) is 18.5 Å². The molecule has 1 N–H and O–H groups in total. The van der Waals surface area contributed by atoms with E-state index in [9.17, 15) is 0 Å². The Balaban J connectivity index is 1.79. The molecule has 5 nitrogen and oxygen atoms in total. The van der Waals surface area contributed by atoms with Crippen molar-refractivity contribution in [1.82, 2.24) is 9.97 Å². The van der Waals surface area contributed by atoms with Crippen molar-refractivity contribution in [1.29, 1.82) is 0 Å². The van der Waals surface area contributed by atoms with Crippen LogP contribution in [0, 0.1) is 0 Å². The van der Waals surface area contributed by atoms with Crippen LogP contribution >= 0.6 is 11.6 Å². The van der Waals surface area contributed by atoms with Crippen LogP contribution in [0.1, 0.15) is 26.2 Å². The summed E-state index contributed by atoms with van der Waals surface area (Å²) in [5.41, 5.74) is 0. The molecule has 1 aromatic rings. The molecule has 3 rings (SSSR count). The van der Waals surface area contributed by atoms with Crippen LogP contribution in [0.25, 0.3) is 0 Å². The molecule has 0 amide bonds. The molecule has 0 aliphatic carbocycles. The van der Waals surface area contributed by atoms with E-state index < -0.39 is 0 Å². The summed E-state index contributed by atoms with van der Waals surface area (Å²) < 4.78 is 5.84. The van der Waals surface area contributed by atoms with Crippen LogP contribution in [0.2, 0.25) is 5.02 Å². The topological polar surface area (TPSA) is 50.3 Å². The van der Waals surface area contributed by atoms with Gasteiger partial charge in [-0.05, 0) is 19.3 Å². The number of fused-ring (bicyclic) bond motifs is 2. The summed E-state index contributed by atoms with van der Waals surface area (Å²) in [6, 6.07) is 0. The molecule has 0 spiro atoms. The Morgan fingerprint density at radius 1 is 1.42 bits per heavy atom. The number of halogens is 1. The number of ether oxygens (including phenoxy) is 1. The van der Waals surface area contributed by atoms with Crippen molar-refractivity contribution in [2.45, 2.75) is 38.4 Å². The van der Waals surface area contributed by atoms with Gasteiger partial charge >= 0.3 is 0 Å². The lowest BCUT2D eigenvalue weighted by Gasteiger charge is -2.33. The zero-order valence-electron chi connectivity index (χ0n) is 11.1. The maximum Gasteiger partial charge on any atom is 0.224 e. The van der Waals surface area contributed by atoms with Crippen molar-refractivity contribution in [3.8, 4) is 0 Å². The van der Waals surface area contributed by atoms with E-state index in [4.69, 9.17) is 16.3 Å². The molecule has 19 heavy (non-hydrogen) atoms. The first kappa shape index (κ1) is 12.9. The second-order valence-corrected chi connectivity index (χ2v) is 5.56. The molecule has 6 heteroatoms. The summed E-state index contributed by atoms with van der Waals surface area (Å²) in [6.45, 7) is 4.74. The Hall–Kier alpha value is -1.07. The molecule has 3 heterocycles. The molecule has 2 aliphatic rings. The average molecular weight is 283 g/mol. The van der Waals surface area contributed by atoms with E-state index in [1.165, 1.54) is 0 Å².